The number of methoxy groups -OCH3 is 1. The monoisotopic (exact) mass is 470 g/mol. The van der Waals surface area contributed by atoms with Crippen LogP contribution in [0.15, 0.2) is 66.9 Å². The predicted octanol–water partition coefficient (Wildman–Crippen LogP) is 4.60. The number of carbonyl (C=O) groups is 2. The van der Waals surface area contributed by atoms with Gasteiger partial charge in [-0.15, -0.1) is 0 Å². The van der Waals surface area contributed by atoms with E-state index in [-0.39, 0.29) is 35.1 Å². The fraction of sp³-hybridized carbons (Fsp3) is 0.269. The number of aromatic hydroxyl groups is 1. The van der Waals surface area contributed by atoms with Crippen molar-refractivity contribution in [1.82, 2.24) is 4.98 Å². The van der Waals surface area contributed by atoms with Crippen molar-refractivity contribution in [1.29, 1.82) is 0 Å². The number of hydrogen-bond acceptors (Lipinski definition) is 6. The minimum atomic E-state index is -0.786. The maximum atomic E-state index is 12.2. The summed E-state index contributed by atoms with van der Waals surface area (Å²) >= 11 is 0. The molecule has 2 aromatic carbocycles. The number of esters is 1. The largest absolute Gasteiger partial charge is 0.503 e. The van der Waals surface area contributed by atoms with Crippen molar-refractivity contribution >= 4 is 11.9 Å². The zero-order valence-electron chi connectivity index (χ0n) is 19.8. The number of amides is 1. The van der Waals surface area contributed by atoms with Gasteiger partial charge in [-0.2, -0.15) is 0 Å². The second-order valence-electron chi connectivity index (χ2n) is 7.22. The van der Waals surface area contributed by atoms with Gasteiger partial charge in [-0.05, 0) is 37.1 Å². The van der Waals surface area contributed by atoms with Crippen LogP contribution in [0.4, 0.5) is 4.39 Å². The van der Waals surface area contributed by atoms with Crippen molar-refractivity contribution in [2.75, 3.05) is 7.11 Å². The van der Waals surface area contributed by atoms with Gasteiger partial charge in [0.1, 0.15) is 11.9 Å². The maximum absolute atomic E-state index is 12.2. The van der Waals surface area contributed by atoms with E-state index in [2.05, 4.69) is 4.98 Å². The first-order valence-electron chi connectivity index (χ1n) is 10.6. The highest BCUT2D eigenvalue weighted by Crippen LogP contribution is 2.26. The number of rotatable bonds is 6. The van der Waals surface area contributed by atoms with Crippen LogP contribution in [0, 0.1) is 12.7 Å². The number of benzene rings is 2. The van der Waals surface area contributed by atoms with Gasteiger partial charge in [0.2, 0.25) is 0 Å². The first-order valence-corrected chi connectivity index (χ1v) is 10.6. The number of halogens is 1. The van der Waals surface area contributed by atoms with Crippen LogP contribution < -0.4 is 10.5 Å². The molecule has 1 heterocycles. The Hall–Kier alpha value is -3.94. The van der Waals surface area contributed by atoms with Gasteiger partial charge in [0.25, 0.3) is 5.91 Å². The topological polar surface area (TPSA) is 112 Å². The number of ether oxygens (including phenoxy) is 2. The van der Waals surface area contributed by atoms with Gasteiger partial charge in [-0.25, -0.2) is 9.37 Å². The first-order chi connectivity index (χ1) is 16.2. The molecule has 0 spiro atoms. The fourth-order valence-corrected chi connectivity index (χ4v) is 2.68. The van der Waals surface area contributed by atoms with E-state index in [0.717, 1.165) is 12.0 Å². The first kappa shape index (κ1) is 28.1. The number of nitrogens with zero attached hydrogens (tertiary/aromatic N) is 1. The Morgan fingerprint density at radius 3 is 2.29 bits per heavy atom. The summed E-state index contributed by atoms with van der Waals surface area (Å²) in [6.07, 6.45) is 2.52. The number of primary amides is 1. The van der Waals surface area contributed by atoms with E-state index in [9.17, 15) is 19.1 Å². The molecule has 0 bridgehead atoms. The van der Waals surface area contributed by atoms with Crippen molar-refractivity contribution in [3.8, 4) is 11.5 Å². The molecular formula is C26H31FN2O5. The molecular weight excluding hydrogens is 439 g/mol. The van der Waals surface area contributed by atoms with Crippen LogP contribution >= 0.6 is 0 Å². The molecule has 0 saturated carbocycles. The van der Waals surface area contributed by atoms with E-state index >= 15 is 0 Å². The van der Waals surface area contributed by atoms with Gasteiger partial charge < -0.3 is 20.3 Å². The van der Waals surface area contributed by atoms with Gasteiger partial charge in [0.05, 0.1) is 7.11 Å². The summed E-state index contributed by atoms with van der Waals surface area (Å²) in [6, 6.07) is 18.0. The molecule has 3 aromatic rings. The van der Waals surface area contributed by atoms with Crippen LogP contribution in [0.1, 0.15) is 41.9 Å². The van der Waals surface area contributed by atoms with E-state index in [1.165, 1.54) is 37.1 Å². The standard InChI is InChI=1S/C12H16O2.C7H7F.C7H8N2O3/c1-3-12(13)14-10(2)9-11-7-5-4-6-8-11;1-6-3-2-4-7(8)5-6;1-12-4-2-3-9-5(6(4)10)7(8)11/h4-8,10H,3,9H2,1-2H3;2-5H,1H3;2-3,10H,1H3,(H2,8,11). The third-order valence-corrected chi connectivity index (χ3v) is 4.31. The Morgan fingerprint density at radius 2 is 1.79 bits per heavy atom. The second kappa shape index (κ2) is 15.0. The van der Waals surface area contributed by atoms with Crippen LogP contribution in [0.3, 0.4) is 0 Å². The van der Waals surface area contributed by atoms with Crippen LogP contribution in [-0.2, 0) is 16.0 Å². The Balaban J connectivity index is 0.000000264. The highest BCUT2D eigenvalue weighted by atomic mass is 19.1. The summed E-state index contributed by atoms with van der Waals surface area (Å²) in [5.74, 6) is -1.23. The lowest BCUT2D eigenvalue weighted by molar-refractivity contribution is -0.147. The van der Waals surface area contributed by atoms with Crippen molar-refractivity contribution in [3.63, 3.8) is 0 Å². The molecule has 0 aliphatic rings. The quantitative estimate of drug-likeness (QED) is 0.509. The summed E-state index contributed by atoms with van der Waals surface area (Å²) in [4.78, 5) is 25.2. The highest BCUT2D eigenvalue weighted by molar-refractivity contribution is 5.94. The maximum Gasteiger partial charge on any atom is 0.305 e. The number of aryl methyl sites for hydroxylation is 1. The molecule has 1 amide bonds. The Morgan fingerprint density at radius 1 is 1.12 bits per heavy atom. The van der Waals surface area contributed by atoms with Crippen molar-refractivity contribution in [3.05, 3.63) is 89.5 Å². The average Bonchev–Trinajstić information content (AvgIpc) is 2.80. The van der Waals surface area contributed by atoms with Crippen LogP contribution in [0.25, 0.3) is 0 Å². The number of pyridine rings is 1. The Bertz CT molecular complexity index is 1030. The zero-order chi connectivity index (χ0) is 25.5. The predicted molar refractivity (Wildman–Crippen MR) is 128 cm³/mol. The summed E-state index contributed by atoms with van der Waals surface area (Å²) in [5.41, 5.74) is 6.90. The molecule has 1 atom stereocenters. The second-order valence-corrected chi connectivity index (χ2v) is 7.22. The molecule has 0 saturated heterocycles. The lowest BCUT2D eigenvalue weighted by Gasteiger charge is -2.12. The Kier molecular flexibility index (Phi) is 12.4. The van der Waals surface area contributed by atoms with Crippen LogP contribution in [-0.4, -0.2) is 35.2 Å². The molecule has 3 N–H and O–H groups in total. The summed E-state index contributed by atoms with van der Waals surface area (Å²) < 4.78 is 22.1. The van der Waals surface area contributed by atoms with E-state index < -0.39 is 5.91 Å². The summed E-state index contributed by atoms with van der Waals surface area (Å²) in [5, 5.41) is 9.27. The molecule has 182 valence electrons. The lowest BCUT2D eigenvalue weighted by atomic mass is 10.1. The molecule has 3 rings (SSSR count). The number of nitrogens with two attached hydrogens (primary N) is 1. The van der Waals surface area contributed by atoms with Crippen molar-refractivity contribution in [2.24, 2.45) is 5.73 Å². The van der Waals surface area contributed by atoms with E-state index in [4.69, 9.17) is 15.2 Å². The molecule has 7 nitrogen and oxygen atoms in total. The molecule has 1 aromatic heterocycles. The van der Waals surface area contributed by atoms with Crippen molar-refractivity contribution in [2.45, 2.75) is 39.7 Å². The number of aromatic nitrogens is 1. The Labute approximate surface area is 199 Å². The summed E-state index contributed by atoms with van der Waals surface area (Å²) in [6.45, 7) is 5.58. The fourth-order valence-electron chi connectivity index (χ4n) is 2.68. The molecule has 0 aliphatic heterocycles. The minimum Gasteiger partial charge on any atom is -0.503 e. The molecule has 34 heavy (non-hydrogen) atoms. The number of carbonyl (C=O) groups excluding carboxylic acids is 2. The van der Waals surface area contributed by atoms with Crippen LogP contribution in [0.5, 0.6) is 11.5 Å². The minimum absolute atomic E-state index is 0.0372. The van der Waals surface area contributed by atoms with Gasteiger partial charge in [0.15, 0.2) is 17.2 Å². The molecule has 0 aliphatic carbocycles. The molecule has 0 radical (unpaired) electrons. The smallest absolute Gasteiger partial charge is 0.305 e. The van der Waals surface area contributed by atoms with E-state index in [1.54, 1.807) is 13.0 Å². The van der Waals surface area contributed by atoms with Crippen LogP contribution in [0.2, 0.25) is 0 Å². The van der Waals surface area contributed by atoms with Gasteiger partial charge in [0, 0.05) is 25.1 Å². The van der Waals surface area contributed by atoms with Crippen molar-refractivity contribution < 1.29 is 28.6 Å². The molecule has 0 fully saturated rings. The van der Waals surface area contributed by atoms with Gasteiger partial charge in [-0.3, -0.25) is 9.59 Å². The van der Waals surface area contributed by atoms with Gasteiger partial charge in [-0.1, -0.05) is 49.4 Å². The van der Waals surface area contributed by atoms with Gasteiger partial charge >= 0.3 is 5.97 Å². The normalized spacial score (nSPS) is 10.5. The highest BCUT2D eigenvalue weighted by Gasteiger charge is 2.12. The SMILES string of the molecule is CCC(=O)OC(C)Cc1ccccc1.COc1ccnc(C(N)=O)c1O.Cc1cccc(F)c1. The van der Waals surface area contributed by atoms with E-state index in [0.29, 0.717) is 6.42 Å². The lowest BCUT2D eigenvalue weighted by Crippen LogP contribution is -2.16. The summed E-state index contributed by atoms with van der Waals surface area (Å²) in [7, 11) is 1.37. The molecule has 1 unspecified atom stereocenters. The van der Waals surface area contributed by atoms with E-state index in [1.807, 2.05) is 50.2 Å². The average molecular weight is 471 g/mol. The number of hydrogen-bond donors (Lipinski definition) is 2. The molecule has 8 heteroatoms. The third-order valence-electron chi connectivity index (χ3n) is 4.31. The zero-order valence-corrected chi connectivity index (χ0v) is 19.8. The third kappa shape index (κ3) is 10.6.